The van der Waals surface area contributed by atoms with Gasteiger partial charge in [0.05, 0.1) is 10.4 Å². The zero-order valence-electron chi connectivity index (χ0n) is 10.8. The van der Waals surface area contributed by atoms with Crippen molar-refractivity contribution < 1.29 is 0 Å². The highest BCUT2D eigenvalue weighted by atomic mass is 35.5. The van der Waals surface area contributed by atoms with Crippen LogP contribution in [0, 0.1) is 5.92 Å². The quantitative estimate of drug-likeness (QED) is 0.736. The summed E-state index contributed by atoms with van der Waals surface area (Å²) in [4.78, 5) is 1.36. The molecule has 17 heavy (non-hydrogen) atoms. The average Bonchev–Trinajstić information content (AvgIpc) is 2.69. The molecule has 1 rings (SSSR count). The Kier molecular flexibility index (Phi) is 7.60. The lowest BCUT2D eigenvalue weighted by atomic mass is 10.2. The van der Waals surface area contributed by atoms with Crippen molar-refractivity contribution in [1.29, 1.82) is 0 Å². The fourth-order valence-electron chi connectivity index (χ4n) is 1.50. The number of rotatable bonds is 8. The number of hydrogen-bond donors (Lipinski definition) is 1. The smallest absolute Gasteiger partial charge is 0.0931 e. The van der Waals surface area contributed by atoms with E-state index in [-0.39, 0.29) is 0 Å². The molecule has 1 heterocycles. The highest BCUT2D eigenvalue weighted by Gasteiger charge is 2.13. The number of thiophene rings is 1. The molecule has 0 saturated heterocycles. The molecule has 0 aromatic carbocycles. The van der Waals surface area contributed by atoms with Crippen LogP contribution in [-0.4, -0.2) is 18.1 Å². The summed E-state index contributed by atoms with van der Waals surface area (Å²) in [7, 11) is 0. The topological polar surface area (TPSA) is 12.0 Å². The minimum atomic E-state index is 0.455. The van der Waals surface area contributed by atoms with E-state index >= 15 is 0 Å². The highest BCUT2D eigenvalue weighted by Crippen LogP contribution is 2.29. The highest BCUT2D eigenvalue weighted by molar-refractivity contribution is 7.99. The molecule has 0 aliphatic carbocycles. The molecular formula is C13H22ClNS2. The Morgan fingerprint density at radius 2 is 2.12 bits per heavy atom. The Morgan fingerprint density at radius 3 is 2.65 bits per heavy atom. The molecule has 1 N–H and O–H groups in total. The van der Waals surface area contributed by atoms with Gasteiger partial charge in [0.15, 0.2) is 0 Å². The molecule has 1 nitrogen and oxygen atoms in total. The maximum absolute atomic E-state index is 6.01. The van der Waals surface area contributed by atoms with Crippen molar-refractivity contribution in [3.63, 3.8) is 0 Å². The second kappa shape index (κ2) is 8.41. The van der Waals surface area contributed by atoms with Crippen molar-refractivity contribution in [2.24, 2.45) is 5.92 Å². The fourth-order valence-corrected chi connectivity index (χ4v) is 3.88. The minimum Gasteiger partial charge on any atom is -0.309 e. The third-order valence-corrected chi connectivity index (χ3v) is 5.13. The fraction of sp³-hybridized carbons (Fsp3) is 0.692. The summed E-state index contributed by atoms with van der Waals surface area (Å²) < 4.78 is 0.886. The first-order valence-corrected chi connectivity index (χ1v) is 8.54. The van der Waals surface area contributed by atoms with Gasteiger partial charge in [-0.25, -0.2) is 0 Å². The molecule has 1 unspecified atom stereocenters. The molecule has 0 saturated carbocycles. The van der Waals surface area contributed by atoms with Gasteiger partial charge in [-0.1, -0.05) is 32.4 Å². The predicted molar refractivity (Wildman–Crippen MR) is 82.5 cm³/mol. The largest absolute Gasteiger partial charge is 0.309 e. The molecule has 98 valence electrons. The van der Waals surface area contributed by atoms with Gasteiger partial charge in [0.1, 0.15) is 0 Å². The Morgan fingerprint density at radius 1 is 1.35 bits per heavy atom. The van der Waals surface area contributed by atoms with E-state index in [4.69, 9.17) is 11.6 Å². The molecular weight excluding hydrogens is 270 g/mol. The van der Waals surface area contributed by atoms with Crippen LogP contribution in [0.2, 0.25) is 4.34 Å². The molecule has 0 spiro atoms. The van der Waals surface area contributed by atoms with Crippen LogP contribution in [0.3, 0.4) is 0 Å². The second-order valence-corrected chi connectivity index (χ2v) is 7.40. The SMILES string of the molecule is CCCNC(CSCC(C)C)c1ccc(Cl)s1. The number of nitrogens with one attached hydrogen (secondary N) is 1. The molecule has 0 aliphatic heterocycles. The van der Waals surface area contributed by atoms with Crippen LogP contribution in [0.25, 0.3) is 0 Å². The average molecular weight is 292 g/mol. The third-order valence-electron chi connectivity index (χ3n) is 2.31. The van der Waals surface area contributed by atoms with Gasteiger partial charge >= 0.3 is 0 Å². The first-order valence-electron chi connectivity index (χ1n) is 6.19. The van der Waals surface area contributed by atoms with Gasteiger partial charge in [0.2, 0.25) is 0 Å². The Labute approximate surface area is 118 Å². The van der Waals surface area contributed by atoms with Crippen LogP contribution in [0.5, 0.6) is 0 Å². The van der Waals surface area contributed by atoms with Crippen LogP contribution in [-0.2, 0) is 0 Å². The predicted octanol–water partition coefficient (Wildman–Crippen LogP) is 4.83. The maximum atomic E-state index is 6.01. The summed E-state index contributed by atoms with van der Waals surface area (Å²) in [6, 6.07) is 4.60. The first-order chi connectivity index (χ1) is 8.13. The van der Waals surface area contributed by atoms with Gasteiger partial charge in [0, 0.05) is 10.6 Å². The lowest BCUT2D eigenvalue weighted by molar-refractivity contribution is 0.584. The van der Waals surface area contributed by atoms with E-state index in [1.54, 1.807) is 11.3 Å². The molecule has 0 radical (unpaired) electrons. The lowest BCUT2D eigenvalue weighted by Crippen LogP contribution is -2.23. The van der Waals surface area contributed by atoms with E-state index in [1.807, 2.05) is 17.8 Å². The number of thioether (sulfide) groups is 1. The van der Waals surface area contributed by atoms with Crippen LogP contribution in [0.15, 0.2) is 12.1 Å². The van der Waals surface area contributed by atoms with Crippen molar-refractivity contribution >= 4 is 34.7 Å². The van der Waals surface area contributed by atoms with Gasteiger partial charge in [-0.05, 0) is 36.8 Å². The standard InChI is InChI=1S/C13H22ClNS2/c1-4-7-15-11(9-16-8-10(2)3)12-5-6-13(14)17-12/h5-6,10-11,15H,4,7-9H2,1-3H3. The minimum absolute atomic E-state index is 0.455. The summed E-state index contributed by atoms with van der Waals surface area (Å²) in [6.45, 7) is 7.81. The summed E-state index contributed by atoms with van der Waals surface area (Å²) in [5.41, 5.74) is 0. The number of halogens is 1. The maximum Gasteiger partial charge on any atom is 0.0931 e. The van der Waals surface area contributed by atoms with Gasteiger partial charge in [-0.3, -0.25) is 0 Å². The van der Waals surface area contributed by atoms with E-state index in [0.717, 1.165) is 22.6 Å². The summed E-state index contributed by atoms with van der Waals surface area (Å²) in [5.74, 6) is 3.12. The van der Waals surface area contributed by atoms with Crippen molar-refractivity contribution in [1.82, 2.24) is 5.32 Å². The molecule has 0 fully saturated rings. The van der Waals surface area contributed by atoms with Crippen molar-refractivity contribution in [2.45, 2.75) is 33.2 Å². The summed E-state index contributed by atoms with van der Waals surface area (Å²) in [5, 5.41) is 3.60. The van der Waals surface area contributed by atoms with E-state index in [2.05, 4.69) is 32.2 Å². The molecule has 1 aromatic heterocycles. The van der Waals surface area contributed by atoms with Crippen molar-refractivity contribution in [3.05, 3.63) is 21.3 Å². The van der Waals surface area contributed by atoms with Gasteiger partial charge in [0.25, 0.3) is 0 Å². The molecule has 1 aromatic rings. The molecule has 0 amide bonds. The summed E-state index contributed by atoms with van der Waals surface area (Å²) >= 11 is 9.73. The second-order valence-electron chi connectivity index (χ2n) is 4.58. The molecule has 0 bridgehead atoms. The van der Waals surface area contributed by atoms with Gasteiger partial charge in [-0.15, -0.1) is 11.3 Å². The van der Waals surface area contributed by atoms with E-state index in [1.165, 1.54) is 17.1 Å². The van der Waals surface area contributed by atoms with E-state index in [9.17, 15) is 0 Å². The van der Waals surface area contributed by atoms with Crippen LogP contribution in [0.4, 0.5) is 0 Å². The van der Waals surface area contributed by atoms with Crippen molar-refractivity contribution in [3.8, 4) is 0 Å². The van der Waals surface area contributed by atoms with Gasteiger partial charge < -0.3 is 5.32 Å². The zero-order chi connectivity index (χ0) is 12.7. The van der Waals surface area contributed by atoms with Crippen LogP contribution < -0.4 is 5.32 Å². The van der Waals surface area contributed by atoms with E-state index in [0.29, 0.717) is 6.04 Å². The molecule has 0 aliphatic rings. The van der Waals surface area contributed by atoms with Crippen LogP contribution in [0.1, 0.15) is 38.1 Å². The third kappa shape index (κ3) is 6.14. The normalized spacial score (nSPS) is 13.2. The summed E-state index contributed by atoms with van der Waals surface area (Å²) in [6.07, 6.45) is 1.17. The van der Waals surface area contributed by atoms with Crippen LogP contribution >= 0.6 is 34.7 Å². The van der Waals surface area contributed by atoms with E-state index < -0.39 is 0 Å². The Bertz CT molecular complexity index is 312. The molecule has 4 heteroatoms. The van der Waals surface area contributed by atoms with Crippen molar-refractivity contribution in [2.75, 3.05) is 18.1 Å². The zero-order valence-corrected chi connectivity index (χ0v) is 13.2. The number of hydrogen-bond acceptors (Lipinski definition) is 3. The Hall–Kier alpha value is 0.300. The molecule has 1 atom stereocenters. The first kappa shape index (κ1) is 15.4. The Balaban J connectivity index is 2.48. The van der Waals surface area contributed by atoms with Gasteiger partial charge in [-0.2, -0.15) is 11.8 Å². The lowest BCUT2D eigenvalue weighted by Gasteiger charge is -2.17. The monoisotopic (exact) mass is 291 g/mol.